The van der Waals surface area contributed by atoms with Crippen LogP contribution in [0, 0.1) is 6.92 Å². The van der Waals surface area contributed by atoms with Gasteiger partial charge in [0.15, 0.2) is 0 Å². The van der Waals surface area contributed by atoms with Crippen molar-refractivity contribution in [3.8, 4) is 0 Å². The summed E-state index contributed by atoms with van der Waals surface area (Å²) >= 11 is 1.78. The zero-order chi connectivity index (χ0) is 13.4. The lowest BCUT2D eigenvalue weighted by Gasteiger charge is -2.35. The molecule has 0 bridgehead atoms. The maximum Gasteiger partial charge on any atom is 0.220 e. The lowest BCUT2D eigenvalue weighted by atomic mass is 9.96. The molecule has 1 aliphatic rings. The topological polar surface area (TPSA) is 33.2 Å². The molecule has 0 radical (unpaired) electrons. The molecular formula is C15H16N2OS. The van der Waals surface area contributed by atoms with Gasteiger partial charge in [0.05, 0.1) is 5.69 Å². The van der Waals surface area contributed by atoms with Gasteiger partial charge in [0.25, 0.3) is 0 Å². The number of aromatic nitrogens is 1. The number of amides is 1. The van der Waals surface area contributed by atoms with Crippen LogP contribution in [-0.4, -0.2) is 22.3 Å². The van der Waals surface area contributed by atoms with Crippen molar-refractivity contribution in [1.82, 2.24) is 9.88 Å². The van der Waals surface area contributed by atoms with E-state index in [0.717, 1.165) is 24.4 Å². The average Bonchev–Trinajstić information content (AvgIpc) is 2.85. The van der Waals surface area contributed by atoms with Crippen molar-refractivity contribution >= 4 is 17.2 Å². The lowest BCUT2D eigenvalue weighted by molar-refractivity contribution is -0.130. The zero-order valence-corrected chi connectivity index (χ0v) is 11.9. The van der Waals surface area contributed by atoms with Gasteiger partial charge in [-0.15, -0.1) is 11.3 Å². The predicted octanol–water partition coefficient (Wildman–Crippen LogP) is 2.95. The minimum absolute atomic E-state index is 0.0209. The number of thiophene rings is 1. The van der Waals surface area contributed by atoms with Gasteiger partial charge in [0, 0.05) is 24.0 Å². The van der Waals surface area contributed by atoms with Crippen molar-refractivity contribution < 1.29 is 4.79 Å². The summed E-state index contributed by atoms with van der Waals surface area (Å²) in [5.74, 6) is 0.116. The highest BCUT2D eigenvalue weighted by Crippen LogP contribution is 2.36. The smallest absolute Gasteiger partial charge is 0.220 e. The first-order valence-electron chi connectivity index (χ1n) is 6.44. The Morgan fingerprint density at radius 2 is 2.26 bits per heavy atom. The molecule has 3 heterocycles. The van der Waals surface area contributed by atoms with E-state index < -0.39 is 0 Å². The monoisotopic (exact) mass is 272 g/mol. The molecule has 1 atom stereocenters. The Morgan fingerprint density at radius 1 is 1.42 bits per heavy atom. The van der Waals surface area contributed by atoms with Crippen LogP contribution in [-0.2, 0) is 11.2 Å². The second-order valence-corrected chi connectivity index (χ2v) is 5.87. The van der Waals surface area contributed by atoms with Gasteiger partial charge in [-0.1, -0.05) is 6.07 Å². The molecule has 0 fully saturated rings. The molecule has 4 heteroatoms. The molecule has 0 aliphatic carbocycles. The Balaban J connectivity index is 2.11. The van der Waals surface area contributed by atoms with Crippen molar-refractivity contribution in [2.24, 2.45) is 0 Å². The average molecular weight is 272 g/mol. The van der Waals surface area contributed by atoms with Crippen molar-refractivity contribution in [3.05, 3.63) is 51.5 Å². The van der Waals surface area contributed by atoms with Gasteiger partial charge < -0.3 is 4.90 Å². The number of rotatable bonds is 1. The Kier molecular flexibility index (Phi) is 3.11. The molecular weight excluding hydrogens is 256 g/mol. The number of aryl methyl sites for hydroxylation is 1. The van der Waals surface area contributed by atoms with Gasteiger partial charge in [-0.2, -0.15) is 0 Å². The van der Waals surface area contributed by atoms with E-state index in [1.807, 2.05) is 30.0 Å². The van der Waals surface area contributed by atoms with Crippen LogP contribution in [0.4, 0.5) is 0 Å². The fraction of sp³-hybridized carbons (Fsp3) is 0.333. The van der Waals surface area contributed by atoms with Gasteiger partial charge in [-0.05, 0) is 42.5 Å². The molecule has 98 valence electrons. The molecule has 0 saturated carbocycles. The van der Waals surface area contributed by atoms with E-state index in [1.165, 1.54) is 10.4 Å². The third kappa shape index (κ3) is 2.16. The van der Waals surface area contributed by atoms with Crippen molar-refractivity contribution in [1.29, 1.82) is 0 Å². The lowest BCUT2D eigenvalue weighted by Crippen LogP contribution is -2.39. The largest absolute Gasteiger partial charge is 0.330 e. The van der Waals surface area contributed by atoms with Gasteiger partial charge in [-0.3, -0.25) is 9.78 Å². The molecule has 19 heavy (non-hydrogen) atoms. The van der Waals surface area contributed by atoms with Crippen LogP contribution in [0.3, 0.4) is 0 Å². The Hall–Kier alpha value is -1.68. The van der Waals surface area contributed by atoms with Crippen molar-refractivity contribution in [3.63, 3.8) is 0 Å². The van der Waals surface area contributed by atoms with E-state index in [0.29, 0.717) is 0 Å². The molecule has 3 rings (SSSR count). The summed E-state index contributed by atoms with van der Waals surface area (Å²) in [7, 11) is 0. The second-order valence-electron chi connectivity index (χ2n) is 4.87. The van der Waals surface area contributed by atoms with Crippen LogP contribution in [0.2, 0.25) is 0 Å². The quantitative estimate of drug-likeness (QED) is 0.799. The second kappa shape index (κ2) is 4.78. The van der Waals surface area contributed by atoms with Gasteiger partial charge in [0.1, 0.15) is 6.04 Å². The Morgan fingerprint density at radius 3 is 3.00 bits per heavy atom. The van der Waals surface area contributed by atoms with Crippen molar-refractivity contribution in [2.45, 2.75) is 26.3 Å². The molecule has 3 nitrogen and oxygen atoms in total. The number of carbonyl (C=O) groups excluding carboxylic acids is 1. The van der Waals surface area contributed by atoms with E-state index in [9.17, 15) is 4.79 Å². The van der Waals surface area contributed by atoms with Crippen LogP contribution < -0.4 is 0 Å². The highest BCUT2D eigenvalue weighted by molar-refractivity contribution is 7.10. The third-order valence-electron chi connectivity index (χ3n) is 3.56. The molecule has 1 amide bonds. The van der Waals surface area contributed by atoms with Crippen LogP contribution in [0.1, 0.15) is 34.8 Å². The molecule has 0 N–H and O–H groups in total. The summed E-state index contributed by atoms with van der Waals surface area (Å²) in [6.07, 6.45) is 0.953. The fourth-order valence-electron chi connectivity index (χ4n) is 2.69. The number of hydrogen-bond acceptors (Lipinski definition) is 3. The maximum atomic E-state index is 11.9. The van der Waals surface area contributed by atoms with E-state index in [2.05, 4.69) is 16.4 Å². The third-order valence-corrected chi connectivity index (χ3v) is 4.56. The van der Waals surface area contributed by atoms with Crippen LogP contribution >= 0.6 is 11.3 Å². The van der Waals surface area contributed by atoms with E-state index in [-0.39, 0.29) is 11.9 Å². The maximum absolute atomic E-state index is 11.9. The van der Waals surface area contributed by atoms with Gasteiger partial charge in [0.2, 0.25) is 5.91 Å². The summed E-state index contributed by atoms with van der Waals surface area (Å²) in [6.45, 7) is 4.41. The van der Waals surface area contributed by atoms with Gasteiger partial charge in [-0.25, -0.2) is 0 Å². The number of pyridine rings is 1. The Bertz CT molecular complexity index is 620. The number of nitrogens with zero attached hydrogens (tertiary/aromatic N) is 2. The highest BCUT2D eigenvalue weighted by Gasteiger charge is 2.31. The summed E-state index contributed by atoms with van der Waals surface area (Å²) < 4.78 is 0. The number of fused-ring (bicyclic) bond motifs is 1. The van der Waals surface area contributed by atoms with Crippen LogP contribution in [0.25, 0.3) is 0 Å². The van der Waals surface area contributed by atoms with Crippen LogP contribution in [0.5, 0.6) is 0 Å². The number of carbonyl (C=O) groups is 1. The molecule has 0 aromatic carbocycles. The Labute approximate surface area is 116 Å². The SMILES string of the molecule is CC(=O)N1CCc2sccc2[C@H]1c1cccc(C)n1. The number of hydrogen-bond donors (Lipinski definition) is 0. The predicted molar refractivity (Wildman–Crippen MR) is 76.2 cm³/mol. The first-order valence-corrected chi connectivity index (χ1v) is 7.32. The molecule has 0 saturated heterocycles. The summed E-state index contributed by atoms with van der Waals surface area (Å²) in [6, 6.07) is 8.12. The summed E-state index contributed by atoms with van der Waals surface area (Å²) in [4.78, 5) is 19.8. The molecule has 2 aromatic rings. The molecule has 0 spiro atoms. The van der Waals surface area contributed by atoms with E-state index in [4.69, 9.17) is 0 Å². The van der Waals surface area contributed by atoms with Gasteiger partial charge >= 0.3 is 0 Å². The molecule has 0 unspecified atom stereocenters. The first-order chi connectivity index (χ1) is 9.16. The van der Waals surface area contributed by atoms with Crippen LogP contribution in [0.15, 0.2) is 29.6 Å². The molecule has 1 aliphatic heterocycles. The summed E-state index contributed by atoms with van der Waals surface area (Å²) in [5.41, 5.74) is 3.20. The summed E-state index contributed by atoms with van der Waals surface area (Å²) in [5, 5.41) is 2.11. The zero-order valence-electron chi connectivity index (χ0n) is 11.1. The minimum Gasteiger partial charge on any atom is -0.330 e. The fourth-order valence-corrected chi connectivity index (χ4v) is 3.59. The standard InChI is InChI=1S/C15H16N2OS/c1-10-4-3-5-13(16-10)15-12-7-9-19-14(12)6-8-17(15)11(2)18/h3-5,7,9,15H,6,8H2,1-2H3/t15-/m0/s1. The van der Waals surface area contributed by atoms with E-state index in [1.54, 1.807) is 18.3 Å². The normalized spacial score (nSPS) is 18.2. The minimum atomic E-state index is -0.0209. The highest BCUT2D eigenvalue weighted by atomic mass is 32.1. The van der Waals surface area contributed by atoms with Crippen molar-refractivity contribution in [2.75, 3.05) is 6.54 Å². The molecule has 2 aromatic heterocycles. The first kappa shape index (κ1) is 12.4. The van der Waals surface area contributed by atoms with E-state index >= 15 is 0 Å².